The zero-order valence-electron chi connectivity index (χ0n) is 37.6. The Balaban J connectivity index is 1.05. The zero-order valence-corrected chi connectivity index (χ0v) is 37.6. The van der Waals surface area contributed by atoms with Gasteiger partial charge in [-0.1, -0.05) is 190 Å². The van der Waals surface area contributed by atoms with Crippen molar-refractivity contribution in [1.82, 2.24) is 4.57 Å². The number of benzene rings is 9. The van der Waals surface area contributed by atoms with Gasteiger partial charge in [-0.3, -0.25) is 4.79 Å². The highest BCUT2D eigenvalue weighted by Gasteiger charge is 2.47. The van der Waals surface area contributed by atoms with Crippen LogP contribution in [0.3, 0.4) is 0 Å². The minimum Gasteiger partial charge on any atom is -0.309 e. The summed E-state index contributed by atoms with van der Waals surface area (Å²) in [5.41, 5.74) is 21.1. The van der Waals surface area contributed by atoms with Crippen LogP contribution in [-0.4, -0.2) is 10.4 Å². The highest BCUT2D eigenvalue weighted by Crippen LogP contribution is 2.58. The standard InChI is InChI=1S/C65H47NO/c1-64(2)57-26-16-15-25-51(57)63(67)52-32-27-47(40-60(52)64)46-28-33-58-53(37-46)54-41-50(31-34-59(54)65(58,48-21-11-5-12-22-48)49-23-13-6-14-24-49)66-61-35-29-44(42-17-7-3-8-18-42)38-55(61)56-39-45(30-36-62(56)66)43-19-9-4-10-20-43/h3-5,7-13,15-41H,6,14H2,1-2H3. The SMILES string of the molecule is CC1(C)c2ccccc2C(=O)c2ccc(-c3ccc4c(c3)-c3cc(-n5c6ccc(-c7ccccc7)cc6c6cc(-c7ccccc7)ccc65)ccc3C4(C3=CCCC=C3)c3ccccc3)cc21. The molecule has 0 saturated heterocycles. The van der Waals surface area contributed by atoms with Gasteiger partial charge in [0.15, 0.2) is 5.78 Å². The summed E-state index contributed by atoms with van der Waals surface area (Å²) in [4.78, 5) is 13.9. The van der Waals surface area contributed by atoms with E-state index >= 15 is 0 Å². The summed E-state index contributed by atoms with van der Waals surface area (Å²) in [6, 6.07) is 75.4. The largest absolute Gasteiger partial charge is 0.309 e. The smallest absolute Gasteiger partial charge is 0.193 e. The molecule has 0 bridgehead atoms. The number of carbonyl (C=O) groups excluding carboxylic acids is 1. The lowest BCUT2D eigenvalue weighted by molar-refractivity contribution is 0.103. The van der Waals surface area contributed by atoms with Crippen molar-refractivity contribution in [2.45, 2.75) is 37.5 Å². The molecule has 318 valence electrons. The van der Waals surface area contributed by atoms with Crippen LogP contribution < -0.4 is 0 Å². The van der Waals surface area contributed by atoms with E-state index in [0.29, 0.717) is 0 Å². The number of nitrogens with zero attached hydrogens (tertiary/aromatic N) is 1. The molecule has 0 spiro atoms. The Morgan fingerprint density at radius 3 is 1.61 bits per heavy atom. The summed E-state index contributed by atoms with van der Waals surface area (Å²) in [5, 5.41) is 2.45. The first kappa shape index (κ1) is 39.3. The molecule has 1 heterocycles. The van der Waals surface area contributed by atoms with E-state index in [9.17, 15) is 4.79 Å². The molecule has 10 aromatic rings. The molecule has 13 rings (SSSR count). The van der Waals surface area contributed by atoms with Gasteiger partial charge in [-0.25, -0.2) is 0 Å². The van der Waals surface area contributed by atoms with Gasteiger partial charge in [0, 0.05) is 33.0 Å². The fourth-order valence-electron chi connectivity index (χ4n) is 11.9. The van der Waals surface area contributed by atoms with Crippen LogP contribution in [0.4, 0.5) is 0 Å². The highest BCUT2D eigenvalue weighted by molar-refractivity contribution is 6.14. The maximum atomic E-state index is 13.9. The Morgan fingerprint density at radius 2 is 0.955 bits per heavy atom. The second-order valence-electron chi connectivity index (χ2n) is 19.0. The molecule has 9 aromatic carbocycles. The summed E-state index contributed by atoms with van der Waals surface area (Å²) < 4.78 is 2.47. The van der Waals surface area contributed by atoms with E-state index < -0.39 is 5.41 Å². The third-order valence-corrected chi connectivity index (χ3v) is 15.1. The third kappa shape index (κ3) is 5.85. The second kappa shape index (κ2) is 15.0. The van der Waals surface area contributed by atoms with Crippen molar-refractivity contribution in [3.05, 3.63) is 269 Å². The van der Waals surface area contributed by atoms with E-state index in [2.05, 4.69) is 225 Å². The van der Waals surface area contributed by atoms with Gasteiger partial charge in [-0.05, 0) is 139 Å². The monoisotopic (exact) mass is 857 g/mol. The van der Waals surface area contributed by atoms with Gasteiger partial charge < -0.3 is 4.57 Å². The van der Waals surface area contributed by atoms with Crippen molar-refractivity contribution in [3.8, 4) is 50.2 Å². The van der Waals surface area contributed by atoms with Crippen LogP contribution in [-0.2, 0) is 10.8 Å². The quantitative estimate of drug-likeness (QED) is 0.163. The van der Waals surface area contributed by atoms with Gasteiger partial charge in [-0.15, -0.1) is 0 Å². The molecule has 3 aliphatic carbocycles. The first-order valence-electron chi connectivity index (χ1n) is 23.6. The van der Waals surface area contributed by atoms with Crippen molar-refractivity contribution in [2.24, 2.45) is 0 Å². The molecule has 0 fully saturated rings. The van der Waals surface area contributed by atoms with Crippen LogP contribution in [0.25, 0.3) is 72.0 Å². The zero-order chi connectivity index (χ0) is 44.9. The van der Waals surface area contributed by atoms with Crippen LogP contribution in [0.2, 0.25) is 0 Å². The van der Waals surface area contributed by atoms with Gasteiger partial charge in [0.2, 0.25) is 0 Å². The summed E-state index contributed by atoms with van der Waals surface area (Å²) in [7, 11) is 0. The Morgan fingerprint density at radius 1 is 0.418 bits per heavy atom. The summed E-state index contributed by atoms with van der Waals surface area (Å²) in [6.07, 6.45) is 9.24. The van der Waals surface area contributed by atoms with Crippen molar-refractivity contribution >= 4 is 27.6 Å². The number of hydrogen-bond acceptors (Lipinski definition) is 1. The summed E-state index contributed by atoms with van der Waals surface area (Å²) in [6.45, 7) is 4.50. The number of carbonyl (C=O) groups is 1. The van der Waals surface area contributed by atoms with E-state index in [-0.39, 0.29) is 11.2 Å². The first-order chi connectivity index (χ1) is 32.9. The minimum absolute atomic E-state index is 0.103. The van der Waals surface area contributed by atoms with Gasteiger partial charge in [-0.2, -0.15) is 0 Å². The number of fused-ring (bicyclic) bond motifs is 8. The molecule has 0 N–H and O–H groups in total. The predicted octanol–water partition coefficient (Wildman–Crippen LogP) is 16.2. The minimum atomic E-state index is -0.510. The molecule has 2 nitrogen and oxygen atoms in total. The molecule has 1 unspecified atom stereocenters. The third-order valence-electron chi connectivity index (χ3n) is 15.1. The van der Waals surface area contributed by atoms with E-state index in [4.69, 9.17) is 0 Å². The lowest BCUT2D eigenvalue weighted by Crippen LogP contribution is -2.30. The molecule has 3 aliphatic rings. The first-order valence-corrected chi connectivity index (χ1v) is 23.6. The average molecular weight is 858 g/mol. The normalized spacial score (nSPS) is 16.6. The molecule has 1 atom stereocenters. The Kier molecular flexibility index (Phi) is 8.79. The number of rotatable bonds is 6. The lowest BCUT2D eigenvalue weighted by atomic mass is 9.66. The molecule has 0 aliphatic heterocycles. The van der Waals surface area contributed by atoms with E-state index in [1.54, 1.807) is 0 Å². The second-order valence-corrected chi connectivity index (χ2v) is 19.0. The molecule has 0 radical (unpaired) electrons. The van der Waals surface area contributed by atoms with Gasteiger partial charge in [0.05, 0.1) is 16.4 Å². The Labute approximate surface area is 391 Å². The molecule has 1 aromatic heterocycles. The van der Waals surface area contributed by atoms with E-state index in [1.165, 1.54) is 77.5 Å². The maximum Gasteiger partial charge on any atom is 0.193 e. The molecular formula is C65H47NO. The summed E-state index contributed by atoms with van der Waals surface area (Å²) >= 11 is 0. The lowest BCUT2D eigenvalue weighted by Gasteiger charge is -2.36. The molecular weight excluding hydrogens is 811 g/mol. The van der Waals surface area contributed by atoms with Crippen LogP contribution in [0.1, 0.15) is 70.4 Å². The van der Waals surface area contributed by atoms with E-state index in [0.717, 1.165) is 51.9 Å². The van der Waals surface area contributed by atoms with Crippen LogP contribution in [0.15, 0.2) is 230 Å². The molecule has 0 saturated carbocycles. The van der Waals surface area contributed by atoms with Crippen molar-refractivity contribution in [3.63, 3.8) is 0 Å². The van der Waals surface area contributed by atoms with Crippen molar-refractivity contribution < 1.29 is 4.79 Å². The highest BCUT2D eigenvalue weighted by atomic mass is 16.1. The number of allylic oxidation sites excluding steroid dienone is 4. The Bertz CT molecular complexity index is 3620. The molecule has 2 heteroatoms. The number of aromatic nitrogens is 1. The Hall–Kier alpha value is -8.07. The number of ketones is 1. The van der Waals surface area contributed by atoms with Crippen molar-refractivity contribution in [2.75, 3.05) is 0 Å². The van der Waals surface area contributed by atoms with Crippen molar-refractivity contribution in [1.29, 1.82) is 0 Å². The fourth-order valence-corrected chi connectivity index (χ4v) is 11.9. The van der Waals surface area contributed by atoms with Gasteiger partial charge >= 0.3 is 0 Å². The van der Waals surface area contributed by atoms with Crippen LogP contribution in [0, 0.1) is 0 Å². The molecule has 0 amide bonds. The predicted molar refractivity (Wildman–Crippen MR) is 277 cm³/mol. The topological polar surface area (TPSA) is 22.0 Å². The summed E-state index contributed by atoms with van der Waals surface area (Å²) in [5.74, 6) is 0.103. The van der Waals surface area contributed by atoms with Gasteiger partial charge in [0.1, 0.15) is 0 Å². The van der Waals surface area contributed by atoms with Crippen LogP contribution >= 0.6 is 0 Å². The van der Waals surface area contributed by atoms with Gasteiger partial charge in [0.25, 0.3) is 0 Å². The number of hydrogen-bond donors (Lipinski definition) is 0. The van der Waals surface area contributed by atoms with E-state index in [1.807, 2.05) is 18.2 Å². The maximum absolute atomic E-state index is 13.9. The van der Waals surface area contributed by atoms with Crippen LogP contribution in [0.5, 0.6) is 0 Å². The fraction of sp³-hybridized carbons (Fsp3) is 0.0923. The molecule has 67 heavy (non-hydrogen) atoms. The average Bonchev–Trinajstić information content (AvgIpc) is 3.88.